The molecule has 0 amide bonds. The average Bonchev–Trinajstić information content (AvgIpc) is 2.33. The number of nitrogens with zero attached hydrogens (tertiary/aromatic N) is 1. The van der Waals surface area contributed by atoms with Gasteiger partial charge in [-0.2, -0.15) is 0 Å². The summed E-state index contributed by atoms with van der Waals surface area (Å²) in [6.45, 7) is 2.16. The number of aromatic nitrogens is 1. The lowest BCUT2D eigenvalue weighted by molar-refractivity contribution is 0.281. The number of aliphatic hydroxyl groups is 1. The summed E-state index contributed by atoms with van der Waals surface area (Å²) in [4.78, 5) is 6.38. The van der Waals surface area contributed by atoms with E-state index in [0.717, 1.165) is 5.56 Å². The highest BCUT2D eigenvalue weighted by atomic mass is 32.2. The standard InChI is InChI=1S/C13H13NOS/c1-10-8-11(9-15)2-3-13(10)16-12-4-6-14-7-5-12/h2-8,15H,9H2,1H3. The second kappa shape index (κ2) is 5.14. The molecule has 1 N–H and O–H groups in total. The molecule has 2 rings (SSSR count). The Labute approximate surface area is 99.4 Å². The minimum atomic E-state index is 0.0983. The fourth-order valence-electron chi connectivity index (χ4n) is 1.46. The number of rotatable bonds is 3. The fourth-order valence-corrected chi connectivity index (χ4v) is 2.33. The van der Waals surface area contributed by atoms with Crippen LogP contribution in [0.3, 0.4) is 0 Å². The minimum absolute atomic E-state index is 0.0983. The molecule has 0 aliphatic heterocycles. The van der Waals surface area contributed by atoms with Crippen molar-refractivity contribution in [1.29, 1.82) is 0 Å². The fraction of sp³-hybridized carbons (Fsp3) is 0.154. The Morgan fingerprint density at radius 2 is 1.94 bits per heavy atom. The van der Waals surface area contributed by atoms with Crippen molar-refractivity contribution in [2.75, 3.05) is 0 Å². The van der Waals surface area contributed by atoms with Gasteiger partial charge in [-0.15, -0.1) is 0 Å². The third-order valence-electron chi connectivity index (χ3n) is 2.30. The number of pyridine rings is 1. The second-order valence-corrected chi connectivity index (χ2v) is 4.66. The maximum absolute atomic E-state index is 9.03. The van der Waals surface area contributed by atoms with Gasteiger partial charge in [0.1, 0.15) is 0 Å². The smallest absolute Gasteiger partial charge is 0.0681 e. The Balaban J connectivity index is 2.22. The Morgan fingerprint density at radius 3 is 2.56 bits per heavy atom. The molecule has 2 aromatic rings. The molecular weight excluding hydrogens is 218 g/mol. The Kier molecular flexibility index (Phi) is 3.59. The molecule has 0 saturated heterocycles. The van der Waals surface area contributed by atoms with Crippen LogP contribution in [-0.2, 0) is 6.61 Å². The van der Waals surface area contributed by atoms with Crippen LogP contribution in [0.1, 0.15) is 11.1 Å². The molecule has 0 fully saturated rings. The summed E-state index contributed by atoms with van der Waals surface area (Å²) in [5, 5.41) is 9.03. The SMILES string of the molecule is Cc1cc(CO)ccc1Sc1ccncc1. The maximum atomic E-state index is 9.03. The van der Waals surface area contributed by atoms with E-state index in [1.54, 1.807) is 24.2 Å². The van der Waals surface area contributed by atoms with Crippen LogP contribution in [0.4, 0.5) is 0 Å². The van der Waals surface area contributed by atoms with Gasteiger partial charge < -0.3 is 5.11 Å². The lowest BCUT2D eigenvalue weighted by Crippen LogP contribution is -1.86. The second-order valence-electron chi connectivity index (χ2n) is 3.54. The van der Waals surface area contributed by atoms with Crippen molar-refractivity contribution in [3.05, 3.63) is 53.9 Å². The summed E-state index contributed by atoms with van der Waals surface area (Å²) < 4.78 is 0. The number of hydrogen-bond donors (Lipinski definition) is 1. The van der Waals surface area contributed by atoms with E-state index in [1.165, 1.54) is 15.4 Å². The van der Waals surface area contributed by atoms with E-state index in [-0.39, 0.29) is 6.61 Å². The molecule has 0 unspecified atom stereocenters. The number of benzene rings is 1. The van der Waals surface area contributed by atoms with Gasteiger partial charge >= 0.3 is 0 Å². The van der Waals surface area contributed by atoms with Crippen LogP contribution in [0, 0.1) is 6.92 Å². The summed E-state index contributed by atoms with van der Waals surface area (Å²) in [5.41, 5.74) is 2.14. The van der Waals surface area contributed by atoms with E-state index in [0.29, 0.717) is 0 Å². The zero-order chi connectivity index (χ0) is 11.4. The van der Waals surface area contributed by atoms with Gasteiger partial charge in [0.15, 0.2) is 0 Å². The molecular formula is C13H13NOS. The highest BCUT2D eigenvalue weighted by Crippen LogP contribution is 2.30. The zero-order valence-corrected chi connectivity index (χ0v) is 9.87. The number of hydrogen-bond acceptors (Lipinski definition) is 3. The predicted octanol–water partition coefficient (Wildman–Crippen LogP) is 3.03. The average molecular weight is 231 g/mol. The van der Waals surface area contributed by atoms with Crippen molar-refractivity contribution in [3.8, 4) is 0 Å². The van der Waals surface area contributed by atoms with Gasteiger partial charge in [-0.1, -0.05) is 23.9 Å². The van der Waals surface area contributed by atoms with Gasteiger partial charge in [0, 0.05) is 22.2 Å². The third kappa shape index (κ3) is 2.62. The summed E-state index contributed by atoms with van der Waals surface area (Å²) >= 11 is 1.71. The van der Waals surface area contributed by atoms with Crippen molar-refractivity contribution in [1.82, 2.24) is 4.98 Å². The Hall–Kier alpha value is -1.32. The number of aryl methyl sites for hydroxylation is 1. The highest BCUT2D eigenvalue weighted by molar-refractivity contribution is 7.99. The number of aliphatic hydroxyl groups excluding tert-OH is 1. The first-order valence-corrected chi connectivity index (χ1v) is 5.89. The molecule has 0 atom stereocenters. The zero-order valence-electron chi connectivity index (χ0n) is 9.05. The van der Waals surface area contributed by atoms with Crippen molar-refractivity contribution in [2.45, 2.75) is 23.3 Å². The highest BCUT2D eigenvalue weighted by Gasteiger charge is 2.01. The quantitative estimate of drug-likeness (QED) is 0.881. The summed E-state index contributed by atoms with van der Waals surface area (Å²) in [6, 6.07) is 10.0. The lowest BCUT2D eigenvalue weighted by Gasteiger charge is -2.06. The van der Waals surface area contributed by atoms with Crippen molar-refractivity contribution in [3.63, 3.8) is 0 Å². The van der Waals surface area contributed by atoms with Gasteiger partial charge in [-0.25, -0.2) is 0 Å². The summed E-state index contributed by atoms with van der Waals surface area (Å²) in [5.74, 6) is 0. The van der Waals surface area contributed by atoms with E-state index >= 15 is 0 Å². The molecule has 0 saturated carbocycles. The molecule has 1 aromatic carbocycles. The molecule has 1 aromatic heterocycles. The molecule has 0 aliphatic carbocycles. The monoisotopic (exact) mass is 231 g/mol. The van der Waals surface area contributed by atoms with Crippen LogP contribution in [0.5, 0.6) is 0 Å². The molecule has 2 nitrogen and oxygen atoms in total. The van der Waals surface area contributed by atoms with Crippen molar-refractivity contribution >= 4 is 11.8 Å². The third-order valence-corrected chi connectivity index (χ3v) is 3.49. The molecule has 0 radical (unpaired) electrons. The van der Waals surface area contributed by atoms with Gasteiger partial charge in [-0.05, 0) is 36.2 Å². The maximum Gasteiger partial charge on any atom is 0.0681 e. The molecule has 1 heterocycles. The van der Waals surface area contributed by atoms with Crippen molar-refractivity contribution < 1.29 is 5.11 Å². The lowest BCUT2D eigenvalue weighted by atomic mass is 10.1. The van der Waals surface area contributed by atoms with E-state index in [4.69, 9.17) is 5.11 Å². The minimum Gasteiger partial charge on any atom is -0.392 e. The normalized spacial score (nSPS) is 10.4. The van der Waals surface area contributed by atoms with Crippen LogP contribution in [-0.4, -0.2) is 10.1 Å². The Bertz CT molecular complexity index is 471. The van der Waals surface area contributed by atoms with Gasteiger partial charge in [0.25, 0.3) is 0 Å². The van der Waals surface area contributed by atoms with Crippen LogP contribution < -0.4 is 0 Å². The molecule has 0 spiro atoms. The van der Waals surface area contributed by atoms with Crippen molar-refractivity contribution in [2.24, 2.45) is 0 Å². The molecule has 0 bridgehead atoms. The van der Waals surface area contributed by atoms with E-state index in [9.17, 15) is 0 Å². The first-order valence-electron chi connectivity index (χ1n) is 5.08. The van der Waals surface area contributed by atoms with Crippen LogP contribution in [0.15, 0.2) is 52.5 Å². The van der Waals surface area contributed by atoms with Crippen LogP contribution >= 0.6 is 11.8 Å². The summed E-state index contributed by atoms with van der Waals surface area (Å²) in [7, 11) is 0. The summed E-state index contributed by atoms with van der Waals surface area (Å²) in [6.07, 6.45) is 3.58. The molecule has 3 heteroatoms. The largest absolute Gasteiger partial charge is 0.392 e. The molecule has 16 heavy (non-hydrogen) atoms. The predicted molar refractivity (Wildman–Crippen MR) is 65.5 cm³/mol. The first-order chi connectivity index (χ1) is 7.79. The van der Waals surface area contributed by atoms with E-state index in [2.05, 4.69) is 11.9 Å². The first kappa shape index (κ1) is 11.2. The topological polar surface area (TPSA) is 33.1 Å². The van der Waals surface area contributed by atoms with E-state index in [1.807, 2.05) is 30.3 Å². The van der Waals surface area contributed by atoms with Crippen LogP contribution in [0.2, 0.25) is 0 Å². The van der Waals surface area contributed by atoms with Gasteiger partial charge in [0.2, 0.25) is 0 Å². The van der Waals surface area contributed by atoms with Gasteiger partial charge in [0.05, 0.1) is 6.61 Å². The Morgan fingerprint density at radius 1 is 1.19 bits per heavy atom. The molecule has 82 valence electrons. The van der Waals surface area contributed by atoms with Gasteiger partial charge in [-0.3, -0.25) is 4.98 Å². The van der Waals surface area contributed by atoms with E-state index < -0.39 is 0 Å². The van der Waals surface area contributed by atoms with Crippen LogP contribution in [0.25, 0.3) is 0 Å². The molecule has 0 aliphatic rings.